The van der Waals surface area contributed by atoms with E-state index in [1.807, 2.05) is 22.9 Å². The van der Waals surface area contributed by atoms with Crippen LogP contribution in [0.2, 0.25) is 0 Å². The van der Waals surface area contributed by atoms with E-state index in [2.05, 4.69) is 39.8 Å². The van der Waals surface area contributed by atoms with E-state index in [1.54, 1.807) is 0 Å². The summed E-state index contributed by atoms with van der Waals surface area (Å²) in [7, 11) is 0. The monoisotopic (exact) mass is 267 g/mol. The van der Waals surface area contributed by atoms with E-state index in [0.717, 1.165) is 30.8 Å². The highest BCUT2D eigenvalue weighted by atomic mass is 15.5. The molecule has 0 aliphatic rings. The van der Waals surface area contributed by atoms with Crippen LogP contribution in [-0.2, 0) is 6.54 Å². The minimum Gasteiger partial charge on any atom is -0.330 e. The molecule has 3 rings (SSSR count). The van der Waals surface area contributed by atoms with Gasteiger partial charge in [-0.3, -0.25) is 0 Å². The molecular weight excluding hydrogens is 250 g/mol. The molecular formula is C15H17N5. The first-order valence-electron chi connectivity index (χ1n) is 6.84. The number of fused-ring (bicyclic) bond motifs is 1. The van der Waals surface area contributed by atoms with Gasteiger partial charge in [-0.2, -0.15) is 0 Å². The highest BCUT2D eigenvalue weighted by Crippen LogP contribution is 2.26. The molecule has 0 bridgehead atoms. The Kier molecular flexibility index (Phi) is 3.69. The molecule has 0 saturated heterocycles. The topological polar surface area (TPSA) is 69.6 Å². The van der Waals surface area contributed by atoms with Gasteiger partial charge in [-0.05, 0) is 40.6 Å². The van der Waals surface area contributed by atoms with Crippen molar-refractivity contribution >= 4 is 10.8 Å². The fourth-order valence-electron chi connectivity index (χ4n) is 2.37. The Labute approximate surface area is 117 Å². The maximum absolute atomic E-state index is 5.53. The van der Waals surface area contributed by atoms with Gasteiger partial charge in [-0.1, -0.05) is 42.5 Å². The average Bonchev–Trinajstić information content (AvgIpc) is 2.95. The average molecular weight is 267 g/mol. The standard InChI is InChI=1S/C15H17N5/c16-10-3-4-11-20-15(17-18-19-20)14-9-5-7-12-6-1-2-8-13(12)14/h1-2,5-9H,3-4,10-11,16H2. The fraction of sp³-hybridized carbons (Fsp3) is 0.267. The third-order valence-electron chi connectivity index (χ3n) is 3.39. The molecule has 0 aliphatic carbocycles. The van der Waals surface area contributed by atoms with Crippen molar-refractivity contribution in [3.05, 3.63) is 42.5 Å². The van der Waals surface area contributed by atoms with Gasteiger partial charge in [0.05, 0.1) is 0 Å². The van der Waals surface area contributed by atoms with Crippen molar-refractivity contribution in [1.29, 1.82) is 0 Å². The second-order valence-electron chi connectivity index (χ2n) is 4.75. The van der Waals surface area contributed by atoms with E-state index in [1.165, 1.54) is 10.8 Å². The van der Waals surface area contributed by atoms with Crippen LogP contribution in [0.4, 0.5) is 0 Å². The number of aryl methyl sites for hydroxylation is 1. The third-order valence-corrected chi connectivity index (χ3v) is 3.39. The molecule has 0 fully saturated rings. The fourth-order valence-corrected chi connectivity index (χ4v) is 2.37. The second kappa shape index (κ2) is 5.79. The van der Waals surface area contributed by atoms with Crippen molar-refractivity contribution in [2.45, 2.75) is 19.4 Å². The number of nitrogens with two attached hydrogens (primary N) is 1. The Hall–Kier alpha value is -2.27. The van der Waals surface area contributed by atoms with Crippen LogP contribution in [0, 0.1) is 0 Å². The number of hydrogen-bond donors (Lipinski definition) is 1. The lowest BCUT2D eigenvalue weighted by Crippen LogP contribution is -2.06. The molecule has 102 valence electrons. The predicted molar refractivity (Wildman–Crippen MR) is 79.0 cm³/mol. The Balaban J connectivity index is 2.01. The first-order chi connectivity index (χ1) is 9.90. The first-order valence-corrected chi connectivity index (χ1v) is 6.84. The van der Waals surface area contributed by atoms with Gasteiger partial charge < -0.3 is 5.73 Å². The lowest BCUT2D eigenvalue weighted by Gasteiger charge is -2.07. The van der Waals surface area contributed by atoms with Crippen LogP contribution in [0.25, 0.3) is 22.2 Å². The van der Waals surface area contributed by atoms with Crippen LogP contribution in [-0.4, -0.2) is 26.8 Å². The molecule has 0 unspecified atom stereocenters. The van der Waals surface area contributed by atoms with Crippen LogP contribution >= 0.6 is 0 Å². The lowest BCUT2D eigenvalue weighted by molar-refractivity contribution is 0.549. The normalized spacial score (nSPS) is 11.1. The highest BCUT2D eigenvalue weighted by molar-refractivity contribution is 5.94. The van der Waals surface area contributed by atoms with Crippen LogP contribution in [0.3, 0.4) is 0 Å². The molecule has 20 heavy (non-hydrogen) atoms. The number of unbranched alkanes of at least 4 members (excludes halogenated alkanes) is 1. The highest BCUT2D eigenvalue weighted by Gasteiger charge is 2.11. The van der Waals surface area contributed by atoms with Crippen LogP contribution in [0.5, 0.6) is 0 Å². The van der Waals surface area contributed by atoms with Gasteiger partial charge in [0.1, 0.15) is 0 Å². The van der Waals surface area contributed by atoms with Gasteiger partial charge >= 0.3 is 0 Å². The van der Waals surface area contributed by atoms with Crippen molar-refractivity contribution in [2.24, 2.45) is 5.73 Å². The second-order valence-corrected chi connectivity index (χ2v) is 4.75. The summed E-state index contributed by atoms with van der Waals surface area (Å²) in [5.74, 6) is 0.818. The molecule has 0 amide bonds. The number of rotatable bonds is 5. The van der Waals surface area contributed by atoms with E-state index in [9.17, 15) is 0 Å². The van der Waals surface area contributed by atoms with Gasteiger partial charge in [0.15, 0.2) is 5.82 Å². The van der Waals surface area contributed by atoms with Crippen LogP contribution < -0.4 is 5.73 Å². The molecule has 0 radical (unpaired) electrons. The molecule has 5 nitrogen and oxygen atoms in total. The molecule has 3 aromatic rings. The quantitative estimate of drug-likeness (QED) is 0.720. The Morgan fingerprint density at radius 1 is 1.00 bits per heavy atom. The molecule has 0 saturated carbocycles. The van der Waals surface area contributed by atoms with Gasteiger partial charge in [-0.15, -0.1) is 5.10 Å². The Morgan fingerprint density at radius 2 is 1.85 bits per heavy atom. The van der Waals surface area contributed by atoms with E-state index in [0.29, 0.717) is 6.54 Å². The summed E-state index contributed by atoms with van der Waals surface area (Å²) in [5, 5.41) is 14.5. The number of hydrogen-bond acceptors (Lipinski definition) is 4. The summed E-state index contributed by atoms with van der Waals surface area (Å²) in [6, 6.07) is 14.5. The van der Waals surface area contributed by atoms with Crippen molar-refractivity contribution in [1.82, 2.24) is 20.2 Å². The maximum Gasteiger partial charge on any atom is 0.182 e. The first kappa shape index (κ1) is 12.7. The van der Waals surface area contributed by atoms with Gasteiger partial charge in [-0.25, -0.2) is 4.68 Å². The van der Waals surface area contributed by atoms with Crippen molar-refractivity contribution < 1.29 is 0 Å². The van der Waals surface area contributed by atoms with Gasteiger partial charge in [0.25, 0.3) is 0 Å². The number of nitrogens with zero attached hydrogens (tertiary/aromatic N) is 4. The summed E-state index contributed by atoms with van der Waals surface area (Å²) >= 11 is 0. The zero-order chi connectivity index (χ0) is 13.8. The van der Waals surface area contributed by atoms with Crippen molar-refractivity contribution in [2.75, 3.05) is 6.54 Å². The minimum absolute atomic E-state index is 0.700. The van der Waals surface area contributed by atoms with Crippen LogP contribution in [0.15, 0.2) is 42.5 Å². The molecule has 1 heterocycles. The molecule has 2 aromatic carbocycles. The van der Waals surface area contributed by atoms with E-state index in [-0.39, 0.29) is 0 Å². The number of tetrazole rings is 1. The number of aromatic nitrogens is 4. The molecule has 2 N–H and O–H groups in total. The Bertz CT molecular complexity index is 699. The maximum atomic E-state index is 5.53. The summed E-state index contributed by atoms with van der Waals surface area (Å²) < 4.78 is 1.86. The van der Waals surface area contributed by atoms with Crippen molar-refractivity contribution in [3.8, 4) is 11.4 Å². The largest absolute Gasteiger partial charge is 0.330 e. The molecule has 1 aromatic heterocycles. The van der Waals surface area contributed by atoms with E-state index < -0.39 is 0 Å². The zero-order valence-corrected chi connectivity index (χ0v) is 11.2. The third kappa shape index (κ3) is 2.40. The summed E-state index contributed by atoms with van der Waals surface area (Å²) in [4.78, 5) is 0. The SMILES string of the molecule is NCCCCn1nnnc1-c1cccc2ccccc12. The molecule has 5 heteroatoms. The van der Waals surface area contributed by atoms with Gasteiger partial charge in [0, 0.05) is 12.1 Å². The van der Waals surface area contributed by atoms with Crippen molar-refractivity contribution in [3.63, 3.8) is 0 Å². The summed E-state index contributed by atoms with van der Waals surface area (Å²) in [5.41, 5.74) is 6.60. The van der Waals surface area contributed by atoms with Crippen LogP contribution in [0.1, 0.15) is 12.8 Å². The predicted octanol–water partition coefficient (Wildman–Crippen LogP) is 2.23. The molecule has 0 spiro atoms. The molecule has 0 aliphatic heterocycles. The zero-order valence-electron chi connectivity index (χ0n) is 11.2. The Morgan fingerprint density at radius 3 is 2.75 bits per heavy atom. The summed E-state index contributed by atoms with van der Waals surface area (Å²) in [6.45, 7) is 1.49. The van der Waals surface area contributed by atoms with E-state index >= 15 is 0 Å². The molecule has 0 atom stereocenters. The van der Waals surface area contributed by atoms with E-state index in [4.69, 9.17) is 5.73 Å². The lowest BCUT2D eigenvalue weighted by atomic mass is 10.0. The minimum atomic E-state index is 0.700. The smallest absolute Gasteiger partial charge is 0.182 e. The number of benzene rings is 2. The summed E-state index contributed by atoms with van der Waals surface area (Å²) in [6.07, 6.45) is 1.97. The van der Waals surface area contributed by atoms with Gasteiger partial charge in [0.2, 0.25) is 0 Å².